The van der Waals surface area contributed by atoms with Crippen molar-refractivity contribution in [2.24, 2.45) is 0 Å². The molecule has 0 spiro atoms. The lowest BCUT2D eigenvalue weighted by molar-refractivity contribution is 0.669. The van der Waals surface area contributed by atoms with Crippen molar-refractivity contribution in [2.45, 2.75) is 46.0 Å². The molecular formula is C50H40N4O. The molecule has 55 heavy (non-hydrogen) atoms. The molecule has 0 radical (unpaired) electrons. The zero-order valence-electron chi connectivity index (χ0n) is 31.3. The quantitative estimate of drug-likeness (QED) is 0.165. The number of hydrogen-bond donors (Lipinski definition) is 0. The Labute approximate surface area is 320 Å². The predicted molar refractivity (Wildman–Crippen MR) is 226 cm³/mol. The van der Waals surface area contributed by atoms with Crippen molar-refractivity contribution >= 4 is 44.0 Å². The molecule has 0 aliphatic heterocycles. The van der Waals surface area contributed by atoms with Gasteiger partial charge in [-0.25, -0.2) is 15.0 Å². The molecule has 1 unspecified atom stereocenters. The van der Waals surface area contributed by atoms with Crippen LogP contribution in [-0.4, -0.2) is 19.5 Å². The molecule has 5 heteroatoms. The van der Waals surface area contributed by atoms with Gasteiger partial charge in [-0.2, -0.15) is 0 Å². The van der Waals surface area contributed by atoms with Gasteiger partial charge in [0.25, 0.3) is 0 Å². The minimum absolute atomic E-state index is 0.501. The van der Waals surface area contributed by atoms with Gasteiger partial charge in [0, 0.05) is 38.5 Å². The summed E-state index contributed by atoms with van der Waals surface area (Å²) in [6, 6.07) is 51.0. The molecule has 266 valence electrons. The molecule has 0 N–H and O–H groups in total. The number of allylic oxidation sites excluding steroid dienone is 2. The summed E-state index contributed by atoms with van der Waals surface area (Å²) in [7, 11) is 0. The van der Waals surface area contributed by atoms with E-state index in [0.717, 1.165) is 63.6 Å². The van der Waals surface area contributed by atoms with Crippen LogP contribution in [0.25, 0.3) is 83.8 Å². The standard InChI is InChI=1S/C50H40N4O/c1-4-31(2)36-17-8-9-18-38(36)37-29-30-40-39-19-10-12-22-43(39)54(47(40)32(37)3)35-27-25-34(26-28-35)49-51-48(33-15-6-5-7-16-33)52-50(53-49)42-21-14-24-45-46(42)41-20-11-13-23-44(41)55-45/h5-28,31H,4,29-30H2,1-3H3. The minimum Gasteiger partial charge on any atom is -0.456 e. The third-order valence-electron chi connectivity index (χ3n) is 11.5. The van der Waals surface area contributed by atoms with E-state index in [0.29, 0.717) is 23.4 Å². The second-order valence-corrected chi connectivity index (χ2v) is 14.7. The molecule has 9 aromatic rings. The first kappa shape index (κ1) is 33.0. The number of fused-ring (bicyclic) bond motifs is 6. The van der Waals surface area contributed by atoms with Crippen LogP contribution in [0.15, 0.2) is 150 Å². The largest absolute Gasteiger partial charge is 0.456 e. The molecule has 0 fully saturated rings. The number of rotatable bonds is 7. The van der Waals surface area contributed by atoms with Crippen molar-refractivity contribution in [3.63, 3.8) is 0 Å². The molecule has 1 aliphatic carbocycles. The van der Waals surface area contributed by atoms with E-state index in [2.05, 4.69) is 110 Å². The van der Waals surface area contributed by atoms with Crippen molar-refractivity contribution in [3.8, 4) is 39.9 Å². The van der Waals surface area contributed by atoms with Crippen molar-refractivity contribution in [1.82, 2.24) is 19.5 Å². The number of furan rings is 1. The third-order valence-corrected chi connectivity index (χ3v) is 11.5. The van der Waals surface area contributed by atoms with Crippen LogP contribution in [0.1, 0.15) is 61.9 Å². The lowest BCUT2D eigenvalue weighted by Crippen LogP contribution is -2.09. The average Bonchev–Trinajstić information content (AvgIpc) is 3.80. The van der Waals surface area contributed by atoms with Gasteiger partial charge in [0.05, 0.1) is 11.2 Å². The Morgan fingerprint density at radius 2 is 1.24 bits per heavy atom. The van der Waals surface area contributed by atoms with E-state index in [4.69, 9.17) is 19.4 Å². The fraction of sp³-hybridized carbons (Fsp3) is 0.140. The SMILES string of the molecule is CCC(C)c1ccccc1C1=C(C)c2c(c3ccccc3n2-c2ccc(-c3nc(-c4ccccc4)nc(-c4cccc5oc6ccccc6c45)n3)cc2)CC1. The first-order chi connectivity index (χ1) is 27.1. The van der Waals surface area contributed by atoms with E-state index in [1.165, 1.54) is 44.4 Å². The highest BCUT2D eigenvalue weighted by molar-refractivity contribution is 6.11. The van der Waals surface area contributed by atoms with Gasteiger partial charge in [-0.05, 0) is 102 Å². The summed E-state index contributed by atoms with van der Waals surface area (Å²) >= 11 is 0. The van der Waals surface area contributed by atoms with E-state index >= 15 is 0 Å². The Bertz CT molecular complexity index is 2930. The number of benzene rings is 6. The summed E-state index contributed by atoms with van der Waals surface area (Å²) in [5.41, 5.74) is 15.2. The second-order valence-electron chi connectivity index (χ2n) is 14.7. The zero-order valence-corrected chi connectivity index (χ0v) is 31.3. The van der Waals surface area contributed by atoms with Crippen LogP contribution in [0, 0.1) is 0 Å². The molecule has 10 rings (SSSR count). The predicted octanol–water partition coefficient (Wildman–Crippen LogP) is 13.1. The van der Waals surface area contributed by atoms with Crippen LogP contribution in [0.3, 0.4) is 0 Å². The summed E-state index contributed by atoms with van der Waals surface area (Å²) in [6.07, 6.45) is 3.16. The summed E-state index contributed by atoms with van der Waals surface area (Å²) in [5, 5.41) is 3.37. The van der Waals surface area contributed by atoms with E-state index in [1.807, 2.05) is 60.7 Å². The average molecular weight is 713 g/mol. The summed E-state index contributed by atoms with van der Waals surface area (Å²) in [4.78, 5) is 15.3. The molecule has 1 aliphatic rings. The van der Waals surface area contributed by atoms with E-state index < -0.39 is 0 Å². The van der Waals surface area contributed by atoms with Crippen LogP contribution in [0.2, 0.25) is 0 Å². The first-order valence-electron chi connectivity index (χ1n) is 19.3. The summed E-state index contributed by atoms with van der Waals surface area (Å²) in [5.74, 6) is 2.37. The van der Waals surface area contributed by atoms with Gasteiger partial charge in [0.1, 0.15) is 11.2 Å². The van der Waals surface area contributed by atoms with Gasteiger partial charge in [-0.15, -0.1) is 0 Å². The lowest BCUT2D eigenvalue weighted by Gasteiger charge is -2.25. The maximum absolute atomic E-state index is 6.25. The Morgan fingerprint density at radius 1 is 0.600 bits per heavy atom. The van der Waals surface area contributed by atoms with E-state index in [9.17, 15) is 0 Å². The minimum atomic E-state index is 0.501. The van der Waals surface area contributed by atoms with Crippen LogP contribution >= 0.6 is 0 Å². The molecular weight excluding hydrogens is 673 g/mol. The maximum atomic E-state index is 6.25. The van der Waals surface area contributed by atoms with Crippen molar-refractivity contribution in [1.29, 1.82) is 0 Å². The van der Waals surface area contributed by atoms with Crippen LogP contribution in [-0.2, 0) is 6.42 Å². The van der Waals surface area contributed by atoms with Gasteiger partial charge < -0.3 is 8.98 Å². The molecule has 0 bridgehead atoms. The number of aryl methyl sites for hydroxylation is 1. The first-order valence-corrected chi connectivity index (χ1v) is 19.3. The van der Waals surface area contributed by atoms with E-state index in [1.54, 1.807) is 0 Å². The smallest absolute Gasteiger partial charge is 0.164 e. The van der Waals surface area contributed by atoms with Crippen molar-refractivity contribution < 1.29 is 4.42 Å². The zero-order chi connectivity index (χ0) is 37.0. The van der Waals surface area contributed by atoms with Crippen LogP contribution in [0.4, 0.5) is 0 Å². The molecule has 0 saturated heterocycles. The number of para-hydroxylation sites is 2. The highest BCUT2D eigenvalue weighted by Gasteiger charge is 2.27. The van der Waals surface area contributed by atoms with Gasteiger partial charge in [-0.3, -0.25) is 0 Å². The van der Waals surface area contributed by atoms with Crippen LogP contribution in [0.5, 0.6) is 0 Å². The van der Waals surface area contributed by atoms with E-state index in [-0.39, 0.29) is 0 Å². The number of hydrogen-bond acceptors (Lipinski definition) is 4. The van der Waals surface area contributed by atoms with Crippen molar-refractivity contribution in [2.75, 3.05) is 0 Å². The second kappa shape index (κ2) is 13.4. The highest BCUT2D eigenvalue weighted by atomic mass is 16.3. The summed E-state index contributed by atoms with van der Waals surface area (Å²) in [6.45, 7) is 6.95. The van der Waals surface area contributed by atoms with Gasteiger partial charge in [0.2, 0.25) is 0 Å². The Balaban J connectivity index is 1.12. The Morgan fingerprint density at radius 3 is 2.04 bits per heavy atom. The molecule has 3 heterocycles. The van der Waals surface area contributed by atoms with Crippen molar-refractivity contribution in [3.05, 3.63) is 168 Å². The summed E-state index contributed by atoms with van der Waals surface area (Å²) < 4.78 is 8.71. The molecule has 3 aromatic heterocycles. The molecule has 1 atom stereocenters. The molecule has 0 amide bonds. The lowest BCUT2D eigenvalue weighted by atomic mass is 9.82. The molecule has 0 saturated carbocycles. The maximum Gasteiger partial charge on any atom is 0.164 e. The van der Waals surface area contributed by atoms with Gasteiger partial charge >= 0.3 is 0 Å². The highest BCUT2D eigenvalue weighted by Crippen LogP contribution is 2.45. The van der Waals surface area contributed by atoms with Gasteiger partial charge in [-0.1, -0.05) is 117 Å². The number of nitrogens with zero attached hydrogens (tertiary/aromatic N) is 4. The number of aromatic nitrogens is 4. The normalized spacial score (nSPS) is 13.5. The van der Waals surface area contributed by atoms with Crippen LogP contribution < -0.4 is 0 Å². The fourth-order valence-electron chi connectivity index (χ4n) is 8.62. The Hall–Kier alpha value is -6.59. The topological polar surface area (TPSA) is 56.7 Å². The monoisotopic (exact) mass is 712 g/mol. The molecule has 6 aromatic carbocycles. The van der Waals surface area contributed by atoms with Gasteiger partial charge in [0.15, 0.2) is 17.5 Å². The molecule has 5 nitrogen and oxygen atoms in total. The third kappa shape index (κ3) is 5.49. The fourth-order valence-corrected chi connectivity index (χ4v) is 8.62. The Kier molecular flexibility index (Phi) is 8.02.